The van der Waals surface area contributed by atoms with Gasteiger partial charge in [-0.25, -0.2) is 4.68 Å². The summed E-state index contributed by atoms with van der Waals surface area (Å²) in [4.78, 5) is 22.6. The van der Waals surface area contributed by atoms with Crippen LogP contribution < -0.4 is 5.32 Å². The molecule has 0 radical (unpaired) electrons. The Hall–Kier alpha value is -2.70. The van der Waals surface area contributed by atoms with Crippen LogP contribution in [0.25, 0.3) is 0 Å². The zero-order valence-corrected chi connectivity index (χ0v) is 11.8. The standard InChI is InChI=1S/C14H16N4O3/c1-9-3-4-12(10(2)5-9)14(21)15-6-11-7-18(17-16-11)8-13(19)20/h3-5,7H,6,8H2,1-2H3,(H,15,21)(H,19,20). The third-order valence-corrected chi connectivity index (χ3v) is 2.94. The summed E-state index contributed by atoms with van der Waals surface area (Å²) in [5.74, 6) is -1.19. The molecule has 0 bridgehead atoms. The van der Waals surface area contributed by atoms with Crippen LogP contribution in [-0.4, -0.2) is 32.0 Å². The number of aliphatic carboxylic acids is 1. The number of carboxylic acid groups (broad SMARTS) is 1. The van der Waals surface area contributed by atoms with Crippen molar-refractivity contribution in [3.63, 3.8) is 0 Å². The van der Waals surface area contributed by atoms with Crippen molar-refractivity contribution in [1.82, 2.24) is 20.3 Å². The number of nitrogens with one attached hydrogen (secondary N) is 1. The van der Waals surface area contributed by atoms with E-state index in [0.29, 0.717) is 11.3 Å². The van der Waals surface area contributed by atoms with Crippen molar-refractivity contribution in [3.05, 3.63) is 46.8 Å². The maximum absolute atomic E-state index is 12.1. The zero-order chi connectivity index (χ0) is 15.4. The quantitative estimate of drug-likeness (QED) is 0.852. The van der Waals surface area contributed by atoms with Gasteiger partial charge in [-0.15, -0.1) is 5.10 Å². The van der Waals surface area contributed by atoms with Crippen molar-refractivity contribution >= 4 is 11.9 Å². The summed E-state index contributed by atoms with van der Waals surface area (Å²) in [7, 11) is 0. The molecule has 21 heavy (non-hydrogen) atoms. The molecule has 0 spiro atoms. The molecule has 2 rings (SSSR count). The van der Waals surface area contributed by atoms with Gasteiger partial charge in [-0.05, 0) is 25.5 Å². The van der Waals surface area contributed by atoms with Crippen LogP contribution in [0.3, 0.4) is 0 Å². The molecule has 1 aromatic carbocycles. The molecular weight excluding hydrogens is 272 g/mol. The zero-order valence-electron chi connectivity index (χ0n) is 11.8. The van der Waals surface area contributed by atoms with Crippen molar-refractivity contribution < 1.29 is 14.7 Å². The number of carboxylic acids is 1. The van der Waals surface area contributed by atoms with E-state index < -0.39 is 5.97 Å². The summed E-state index contributed by atoms with van der Waals surface area (Å²) in [6.07, 6.45) is 1.50. The minimum absolute atomic E-state index is 0.194. The second kappa shape index (κ2) is 6.17. The Labute approximate surface area is 121 Å². The van der Waals surface area contributed by atoms with Gasteiger partial charge in [0, 0.05) is 5.56 Å². The maximum Gasteiger partial charge on any atom is 0.325 e. The summed E-state index contributed by atoms with van der Waals surface area (Å²) in [5.41, 5.74) is 3.12. The number of amides is 1. The molecule has 1 heterocycles. The van der Waals surface area contributed by atoms with E-state index in [0.717, 1.165) is 11.1 Å². The van der Waals surface area contributed by atoms with Crippen molar-refractivity contribution in [2.75, 3.05) is 0 Å². The molecule has 0 atom stereocenters. The molecular formula is C14H16N4O3. The summed E-state index contributed by atoms with van der Waals surface area (Å²) in [6, 6.07) is 5.60. The van der Waals surface area contributed by atoms with Gasteiger partial charge >= 0.3 is 5.97 Å². The molecule has 0 aliphatic rings. The van der Waals surface area contributed by atoms with Gasteiger partial charge in [0.1, 0.15) is 12.2 Å². The predicted molar refractivity (Wildman–Crippen MR) is 74.7 cm³/mol. The number of benzene rings is 1. The second-order valence-corrected chi connectivity index (χ2v) is 4.80. The van der Waals surface area contributed by atoms with Crippen LogP contribution in [0.15, 0.2) is 24.4 Å². The number of hydrogen-bond acceptors (Lipinski definition) is 4. The van der Waals surface area contributed by atoms with Crippen molar-refractivity contribution in [3.8, 4) is 0 Å². The number of aromatic nitrogens is 3. The molecule has 7 nitrogen and oxygen atoms in total. The maximum atomic E-state index is 12.1. The molecule has 0 aliphatic carbocycles. The fourth-order valence-corrected chi connectivity index (χ4v) is 1.97. The highest BCUT2D eigenvalue weighted by atomic mass is 16.4. The summed E-state index contributed by atoms with van der Waals surface area (Å²) >= 11 is 0. The largest absolute Gasteiger partial charge is 0.480 e. The van der Waals surface area contributed by atoms with E-state index in [-0.39, 0.29) is 19.0 Å². The van der Waals surface area contributed by atoms with Crippen LogP contribution in [0, 0.1) is 13.8 Å². The van der Waals surface area contributed by atoms with Crippen LogP contribution >= 0.6 is 0 Å². The summed E-state index contributed by atoms with van der Waals surface area (Å²) in [5, 5.41) is 18.9. The minimum atomic E-state index is -0.995. The van der Waals surface area contributed by atoms with Gasteiger partial charge in [-0.3, -0.25) is 9.59 Å². The fourth-order valence-electron chi connectivity index (χ4n) is 1.97. The lowest BCUT2D eigenvalue weighted by molar-refractivity contribution is -0.137. The summed E-state index contributed by atoms with van der Waals surface area (Å²) < 4.78 is 1.21. The molecule has 0 saturated heterocycles. The van der Waals surface area contributed by atoms with Gasteiger partial charge in [0.2, 0.25) is 0 Å². The number of nitrogens with zero attached hydrogens (tertiary/aromatic N) is 3. The topological polar surface area (TPSA) is 97.1 Å². The highest BCUT2D eigenvalue weighted by Gasteiger charge is 2.10. The van der Waals surface area contributed by atoms with E-state index >= 15 is 0 Å². The monoisotopic (exact) mass is 288 g/mol. The number of carbonyl (C=O) groups is 2. The summed E-state index contributed by atoms with van der Waals surface area (Å²) in [6.45, 7) is 3.80. The van der Waals surface area contributed by atoms with E-state index in [2.05, 4.69) is 15.6 Å². The van der Waals surface area contributed by atoms with Gasteiger partial charge in [-0.2, -0.15) is 0 Å². The molecule has 1 aromatic heterocycles. The number of carbonyl (C=O) groups excluding carboxylic acids is 1. The van der Waals surface area contributed by atoms with Gasteiger partial charge in [0.25, 0.3) is 5.91 Å². The first-order chi connectivity index (χ1) is 9.95. The molecule has 7 heteroatoms. The van der Waals surface area contributed by atoms with Crippen molar-refractivity contribution in [2.45, 2.75) is 26.9 Å². The highest BCUT2D eigenvalue weighted by molar-refractivity contribution is 5.95. The van der Waals surface area contributed by atoms with Gasteiger partial charge in [0.15, 0.2) is 0 Å². The number of aryl methyl sites for hydroxylation is 2. The second-order valence-electron chi connectivity index (χ2n) is 4.80. The number of rotatable bonds is 5. The van der Waals surface area contributed by atoms with Crippen LogP contribution in [-0.2, 0) is 17.9 Å². The third-order valence-electron chi connectivity index (χ3n) is 2.94. The Balaban J connectivity index is 1.97. The fraction of sp³-hybridized carbons (Fsp3) is 0.286. The Bertz CT molecular complexity index is 679. The van der Waals surface area contributed by atoms with E-state index in [1.807, 2.05) is 26.0 Å². The SMILES string of the molecule is Cc1ccc(C(=O)NCc2cn(CC(=O)O)nn2)c(C)c1. The van der Waals surface area contributed by atoms with Crippen LogP contribution in [0.5, 0.6) is 0 Å². The third kappa shape index (κ3) is 3.88. The van der Waals surface area contributed by atoms with Crippen molar-refractivity contribution in [2.24, 2.45) is 0 Å². The lowest BCUT2D eigenvalue weighted by Gasteiger charge is -2.07. The van der Waals surface area contributed by atoms with Crippen LogP contribution in [0.1, 0.15) is 27.2 Å². The average Bonchev–Trinajstić information content (AvgIpc) is 2.82. The molecule has 1 amide bonds. The van der Waals surface area contributed by atoms with Gasteiger partial charge in [-0.1, -0.05) is 22.9 Å². The molecule has 0 aliphatic heterocycles. The molecule has 110 valence electrons. The lowest BCUT2D eigenvalue weighted by atomic mass is 10.1. The first-order valence-corrected chi connectivity index (χ1v) is 6.42. The minimum Gasteiger partial charge on any atom is -0.480 e. The molecule has 0 saturated carbocycles. The van der Waals surface area contributed by atoms with E-state index in [1.165, 1.54) is 10.9 Å². The normalized spacial score (nSPS) is 10.4. The van der Waals surface area contributed by atoms with Crippen LogP contribution in [0.2, 0.25) is 0 Å². The van der Waals surface area contributed by atoms with E-state index in [4.69, 9.17) is 5.11 Å². The lowest BCUT2D eigenvalue weighted by Crippen LogP contribution is -2.23. The van der Waals surface area contributed by atoms with Crippen molar-refractivity contribution in [1.29, 1.82) is 0 Å². The molecule has 0 fully saturated rings. The van der Waals surface area contributed by atoms with E-state index in [9.17, 15) is 9.59 Å². The molecule has 2 N–H and O–H groups in total. The average molecular weight is 288 g/mol. The van der Waals surface area contributed by atoms with Gasteiger partial charge in [0.05, 0.1) is 12.7 Å². The van der Waals surface area contributed by atoms with Crippen LogP contribution in [0.4, 0.5) is 0 Å². The molecule has 2 aromatic rings. The predicted octanol–water partition coefficient (Wildman–Crippen LogP) is 0.910. The van der Waals surface area contributed by atoms with Gasteiger partial charge < -0.3 is 10.4 Å². The first kappa shape index (κ1) is 14.7. The highest BCUT2D eigenvalue weighted by Crippen LogP contribution is 2.10. The Morgan fingerprint density at radius 2 is 2.10 bits per heavy atom. The Morgan fingerprint density at radius 3 is 2.76 bits per heavy atom. The molecule has 0 unspecified atom stereocenters. The smallest absolute Gasteiger partial charge is 0.325 e. The Kier molecular flexibility index (Phi) is 4.32. The number of hydrogen-bond donors (Lipinski definition) is 2. The first-order valence-electron chi connectivity index (χ1n) is 6.42. The van der Waals surface area contributed by atoms with E-state index in [1.54, 1.807) is 6.07 Å². The Morgan fingerprint density at radius 1 is 1.33 bits per heavy atom.